The van der Waals surface area contributed by atoms with Crippen molar-refractivity contribution in [3.8, 4) is 11.5 Å². The Balaban J connectivity index is 0.00000128. The molecular weight excluding hydrogens is 247 g/mol. The van der Waals surface area contributed by atoms with Gasteiger partial charge in [-0.2, -0.15) is 13.2 Å². The van der Waals surface area contributed by atoms with E-state index in [4.69, 9.17) is 15.2 Å². The van der Waals surface area contributed by atoms with Crippen LogP contribution in [0.2, 0.25) is 0 Å². The van der Waals surface area contributed by atoms with E-state index in [0.29, 0.717) is 11.5 Å². The molecule has 1 aliphatic rings. The van der Waals surface area contributed by atoms with Crippen LogP contribution in [0.4, 0.5) is 13.2 Å². The van der Waals surface area contributed by atoms with Gasteiger partial charge in [0.15, 0.2) is 11.5 Å². The molecule has 0 saturated carbocycles. The molecule has 0 fully saturated rings. The molecule has 0 aliphatic carbocycles. The molecule has 7 heteroatoms. The maximum atomic E-state index is 12.3. The van der Waals surface area contributed by atoms with Gasteiger partial charge in [0.1, 0.15) is 6.04 Å². The maximum Gasteiger partial charge on any atom is 0.407 e. The molecule has 1 aromatic rings. The number of hydrogen-bond acceptors (Lipinski definition) is 3. The molecule has 0 saturated heterocycles. The molecule has 1 unspecified atom stereocenters. The Bertz CT molecular complexity index is 384. The molecule has 1 atom stereocenters. The Morgan fingerprint density at radius 3 is 2.44 bits per heavy atom. The van der Waals surface area contributed by atoms with Crippen LogP contribution in [0, 0.1) is 0 Å². The SMILES string of the molecule is Cl.NC(c1ccc2c(c1)OCO2)C(F)(F)F. The summed E-state index contributed by atoms with van der Waals surface area (Å²) < 4.78 is 46.8. The summed E-state index contributed by atoms with van der Waals surface area (Å²) >= 11 is 0. The van der Waals surface area contributed by atoms with Crippen LogP contribution >= 0.6 is 12.4 Å². The van der Waals surface area contributed by atoms with Crippen molar-refractivity contribution in [1.82, 2.24) is 0 Å². The minimum absolute atomic E-state index is 0. The number of halogens is 4. The fourth-order valence-corrected chi connectivity index (χ4v) is 1.30. The zero-order valence-corrected chi connectivity index (χ0v) is 8.77. The number of fused-ring (bicyclic) bond motifs is 1. The van der Waals surface area contributed by atoms with Gasteiger partial charge in [0.2, 0.25) is 6.79 Å². The fraction of sp³-hybridized carbons (Fsp3) is 0.333. The molecular formula is C9H9ClF3NO2. The van der Waals surface area contributed by atoms with E-state index >= 15 is 0 Å². The molecule has 1 aliphatic heterocycles. The van der Waals surface area contributed by atoms with E-state index in [0.717, 1.165) is 0 Å². The summed E-state index contributed by atoms with van der Waals surface area (Å²) in [5.41, 5.74) is 5.01. The molecule has 0 amide bonds. The van der Waals surface area contributed by atoms with Gasteiger partial charge >= 0.3 is 6.18 Å². The maximum absolute atomic E-state index is 12.3. The Kier molecular flexibility index (Phi) is 3.54. The first kappa shape index (κ1) is 12.9. The van der Waals surface area contributed by atoms with Crippen molar-refractivity contribution < 1.29 is 22.6 Å². The van der Waals surface area contributed by atoms with E-state index in [-0.39, 0.29) is 24.8 Å². The highest BCUT2D eigenvalue weighted by Crippen LogP contribution is 2.37. The topological polar surface area (TPSA) is 44.5 Å². The lowest BCUT2D eigenvalue weighted by Crippen LogP contribution is -2.28. The third-order valence-corrected chi connectivity index (χ3v) is 2.11. The monoisotopic (exact) mass is 255 g/mol. The second-order valence-electron chi connectivity index (χ2n) is 3.13. The fourth-order valence-electron chi connectivity index (χ4n) is 1.30. The van der Waals surface area contributed by atoms with Gasteiger partial charge in [-0.05, 0) is 17.7 Å². The van der Waals surface area contributed by atoms with Crippen LogP contribution in [-0.2, 0) is 0 Å². The largest absolute Gasteiger partial charge is 0.454 e. The van der Waals surface area contributed by atoms with Gasteiger partial charge in [-0.3, -0.25) is 0 Å². The molecule has 3 nitrogen and oxygen atoms in total. The summed E-state index contributed by atoms with van der Waals surface area (Å²) in [5, 5.41) is 0. The Hall–Kier alpha value is -1.14. The average Bonchev–Trinajstić information content (AvgIpc) is 2.61. The predicted molar refractivity (Wildman–Crippen MR) is 52.8 cm³/mol. The number of ether oxygens (including phenoxy) is 2. The molecule has 0 spiro atoms. The van der Waals surface area contributed by atoms with Crippen molar-refractivity contribution >= 4 is 12.4 Å². The van der Waals surface area contributed by atoms with Gasteiger partial charge in [0.05, 0.1) is 0 Å². The quantitative estimate of drug-likeness (QED) is 0.838. The molecule has 16 heavy (non-hydrogen) atoms. The van der Waals surface area contributed by atoms with Crippen molar-refractivity contribution in [2.45, 2.75) is 12.2 Å². The van der Waals surface area contributed by atoms with Crippen molar-refractivity contribution in [3.05, 3.63) is 23.8 Å². The highest BCUT2D eigenvalue weighted by Gasteiger charge is 2.38. The van der Waals surface area contributed by atoms with Crippen LogP contribution in [0.3, 0.4) is 0 Å². The molecule has 0 radical (unpaired) electrons. The molecule has 90 valence electrons. The Morgan fingerprint density at radius 2 is 1.81 bits per heavy atom. The summed E-state index contributed by atoms with van der Waals surface area (Å²) in [6.07, 6.45) is -4.45. The third-order valence-electron chi connectivity index (χ3n) is 2.11. The van der Waals surface area contributed by atoms with Gasteiger partial charge in [0.25, 0.3) is 0 Å². The lowest BCUT2D eigenvalue weighted by molar-refractivity contribution is -0.149. The molecule has 1 heterocycles. The molecule has 1 aromatic carbocycles. The molecule has 0 bridgehead atoms. The Labute approximate surface area is 95.7 Å². The van der Waals surface area contributed by atoms with E-state index in [1.807, 2.05) is 0 Å². The van der Waals surface area contributed by atoms with Crippen LogP contribution in [0.5, 0.6) is 11.5 Å². The van der Waals surface area contributed by atoms with Crippen LogP contribution in [0.25, 0.3) is 0 Å². The van der Waals surface area contributed by atoms with Gasteiger partial charge < -0.3 is 15.2 Å². The first-order valence-corrected chi connectivity index (χ1v) is 4.20. The highest BCUT2D eigenvalue weighted by molar-refractivity contribution is 5.85. The number of benzene rings is 1. The zero-order chi connectivity index (χ0) is 11.1. The summed E-state index contributed by atoms with van der Waals surface area (Å²) in [5.74, 6) is 0.736. The van der Waals surface area contributed by atoms with Gasteiger partial charge in [-0.1, -0.05) is 6.07 Å². The second-order valence-corrected chi connectivity index (χ2v) is 3.13. The van der Waals surface area contributed by atoms with Crippen molar-refractivity contribution in [2.75, 3.05) is 6.79 Å². The number of nitrogens with two attached hydrogens (primary N) is 1. The second kappa shape index (κ2) is 4.39. The number of hydrogen-bond donors (Lipinski definition) is 1. The summed E-state index contributed by atoms with van der Waals surface area (Å²) in [4.78, 5) is 0. The predicted octanol–water partition coefficient (Wildman–Crippen LogP) is 2.40. The molecule has 2 rings (SSSR count). The number of rotatable bonds is 1. The van der Waals surface area contributed by atoms with Gasteiger partial charge in [0, 0.05) is 0 Å². The summed E-state index contributed by atoms with van der Waals surface area (Å²) in [6.45, 7) is 0.0278. The van der Waals surface area contributed by atoms with Crippen LogP contribution in [0.1, 0.15) is 11.6 Å². The standard InChI is InChI=1S/C9H8F3NO2.ClH/c10-9(11,12)8(13)5-1-2-6-7(3-5)15-4-14-6;/h1-3,8H,4,13H2;1H. The summed E-state index contributed by atoms with van der Waals surface area (Å²) in [6, 6.07) is 1.96. The van der Waals surface area contributed by atoms with Crippen molar-refractivity contribution in [1.29, 1.82) is 0 Å². The van der Waals surface area contributed by atoms with Crippen molar-refractivity contribution in [2.24, 2.45) is 5.73 Å². The Morgan fingerprint density at radius 1 is 1.19 bits per heavy atom. The number of alkyl halides is 3. The lowest BCUT2D eigenvalue weighted by atomic mass is 10.1. The minimum atomic E-state index is -4.45. The van der Waals surface area contributed by atoms with E-state index in [1.165, 1.54) is 18.2 Å². The van der Waals surface area contributed by atoms with Crippen LogP contribution in [-0.4, -0.2) is 13.0 Å². The highest BCUT2D eigenvalue weighted by atomic mass is 35.5. The van der Waals surface area contributed by atoms with E-state index in [9.17, 15) is 13.2 Å². The summed E-state index contributed by atoms with van der Waals surface area (Å²) in [7, 11) is 0. The van der Waals surface area contributed by atoms with E-state index < -0.39 is 12.2 Å². The average molecular weight is 256 g/mol. The first-order chi connectivity index (χ1) is 6.98. The van der Waals surface area contributed by atoms with E-state index in [1.54, 1.807) is 0 Å². The van der Waals surface area contributed by atoms with Crippen LogP contribution in [0.15, 0.2) is 18.2 Å². The zero-order valence-electron chi connectivity index (χ0n) is 7.95. The lowest BCUT2D eigenvalue weighted by Gasteiger charge is -2.15. The smallest absolute Gasteiger partial charge is 0.407 e. The van der Waals surface area contributed by atoms with Gasteiger partial charge in [-0.15, -0.1) is 12.4 Å². The van der Waals surface area contributed by atoms with Crippen molar-refractivity contribution in [3.63, 3.8) is 0 Å². The van der Waals surface area contributed by atoms with Crippen LogP contribution < -0.4 is 15.2 Å². The first-order valence-electron chi connectivity index (χ1n) is 4.20. The normalized spacial score (nSPS) is 15.5. The third kappa shape index (κ3) is 2.33. The minimum Gasteiger partial charge on any atom is -0.454 e. The molecule has 2 N–H and O–H groups in total. The van der Waals surface area contributed by atoms with Gasteiger partial charge in [-0.25, -0.2) is 0 Å². The molecule has 0 aromatic heterocycles. The van der Waals surface area contributed by atoms with E-state index in [2.05, 4.69) is 0 Å².